The highest BCUT2D eigenvalue weighted by Crippen LogP contribution is 2.11. The van der Waals surface area contributed by atoms with Gasteiger partial charge in [-0.2, -0.15) is 0 Å². The van der Waals surface area contributed by atoms with E-state index in [0.717, 1.165) is 12.8 Å². The predicted molar refractivity (Wildman–Crippen MR) is 85.6 cm³/mol. The van der Waals surface area contributed by atoms with Gasteiger partial charge in [-0.25, -0.2) is 0 Å². The molecule has 21 heavy (non-hydrogen) atoms. The molecule has 0 atom stereocenters. The molecule has 0 aliphatic heterocycles. The summed E-state index contributed by atoms with van der Waals surface area (Å²) in [7, 11) is 1.62. The molecule has 0 saturated heterocycles. The van der Waals surface area contributed by atoms with Gasteiger partial charge in [0.1, 0.15) is 6.54 Å². The van der Waals surface area contributed by atoms with Crippen LogP contribution < -0.4 is 0 Å². The summed E-state index contributed by atoms with van der Waals surface area (Å²) in [5.74, 6) is -0.475. The maximum Gasteiger partial charge on any atom is 0.325 e. The normalized spacial score (nSPS) is 10.4. The maximum absolute atomic E-state index is 11.9. The number of nitrogens with zero attached hydrogens (tertiary/aromatic N) is 1. The van der Waals surface area contributed by atoms with Crippen molar-refractivity contribution >= 4 is 23.2 Å². The predicted octanol–water partition coefficient (Wildman–Crippen LogP) is 3.72. The van der Waals surface area contributed by atoms with Crippen LogP contribution in [0.1, 0.15) is 55.1 Å². The molecule has 4 nitrogen and oxygen atoms in total. The van der Waals surface area contributed by atoms with E-state index < -0.39 is 0 Å². The van der Waals surface area contributed by atoms with Crippen molar-refractivity contribution in [1.29, 1.82) is 0 Å². The fourth-order valence-corrected chi connectivity index (χ4v) is 2.69. The molecular formula is C16H25NO3S. The summed E-state index contributed by atoms with van der Waals surface area (Å²) < 4.78 is 5.16. The smallest absolute Gasteiger partial charge is 0.325 e. The van der Waals surface area contributed by atoms with Crippen LogP contribution in [0.25, 0.3) is 0 Å². The number of rotatable bonds is 10. The molecule has 118 valence electrons. The van der Waals surface area contributed by atoms with Crippen molar-refractivity contribution in [3.05, 3.63) is 22.4 Å². The van der Waals surface area contributed by atoms with Crippen LogP contribution in [-0.2, 0) is 9.53 Å². The van der Waals surface area contributed by atoms with Crippen LogP contribution in [0.15, 0.2) is 17.5 Å². The lowest BCUT2D eigenvalue weighted by Gasteiger charge is -2.15. The van der Waals surface area contributed by atoms with Crippen molar-refractivity contribution in [1.82, 2.24) is 4.90 Å². The van der Waals surface area contributed by atoms with Gasteiger partial charge in [0, 0.05) is 7.05 Å². The lowest BCUT2D eigenvalue weighted by atomic mass is 10.1. The van der Waals surface area contributed by atoms with Crippen LogP contribution in [0.2, 0.25) is 0 Å². The standard InChI is InChI=1S/C16H25NO3S/c1-3-4-5-6-7-8-11-20-15(18)13-17(2)16(19)14-10-9-12-21-14/h9-10,12H,3-8,11,13H2,1-2H3. The zero-order valence-corrected chi connectivity index (χ0v) is 13.8. The van der Waals surface area contributed by atoms with E-state index in [9.17, 15) is 9.59 Å². The Hall–Kier alpha value is -1.36. The van der Waals surface area contributed by atoms with E-state index in [1.807, 2.05) is 11.4 Å². The summed E-state index contributed by atoms with van der Waals surface area (Å²) in [6.07, 6.45) is 6.95. The Morgan fingerprint density at radius 1 is 1.19 bits per heavy atom. The third-order valence-electron chi connectivity index (χ3n) is 3.21. The van der Waals surface area contributed by atoms with Crippen molar-refractivity contribution in [3.8, 4) is 0 Å². The van der Waals surface area contributed by atoms with E-state index in [0.29, 0.717) is 11.5 Å². The Bertz CT molecular complexity index is 417. The van der Waals surface area contributed by atoms with Gasteiger partial charge in [-0.3, -0.25) is 9.59 Å². The first-order valence-corrected chi connectivity index (χ1v) is 8.47. The third-order valence-corrected chi connectivity index (χ3v) is 4.06. The van der Waals surface area contributed by atoms with Crippen LogP contribution in [0, 0.1) is 0 Å². The highest BCUT2D eigenvalue weighted by molar-refractivity contribution is 7.12. The Kier molecular flexibility index (Phi) is 8.74. The van der Waals surface area contributed by atoms with Gasteiger partial charge in [0.2, 0.25) is 0 Å². The van der Waals surface area contributed by atoms with Gasteiger partial charge in [0.25, 0.3) is 5.91 Å². The molecular weight excluding hydrogens is 286 g/mol. The Balaban J connectivity index is 2.11. The number of hydrogen-bond acceptors (Lipinski definition) is 4. The van der Waals surface area contributed by atoms with Crippen molar-refractivity contribution in [2.75, 3.05) is 20.2 Å². The van der Waals surface area contributed by atoms with Crippen LogP contribution in [0.5, 0.6) is 0 Å². The topological polar surface area (TPSA) is 46.6 Å². The SMILES string of the molecule is CCCCCCCCOC(=O)CN(C)C(=O)c1cccs1. The first-order valence-electron chi connectivity index (χ1n) is 7.59. The Morgan fingerprint density at radius 3 is 2.57 bits per heavy atom. The average Bonchev–Trinajstić information content (AvgIpc) is 2.99. The summed E-state index contributed by atoms with van der Waals surface area (Å²) in [6, 6.07) is 3.58. The van der Waals surface area contributed by atoms with Crippen LogP contribution >= 0.6 is 11.3 Å². The second-order valence-electron chi connectivity index (χ2n) is 5.13. The second-order valence-corrected chi connectivity index (χ2v) is 6.07. The number of carbonyl (C=O) groups is 2. The quantitative estimate of drug-likeness (QED) is 0.488. The van der Waals surface area contributed by atoms with Gasteiger partial charge in [-0.1, -0.05) is 45.1 Å². The Labute approximate surface area is 131 Å². The fourth-order valence-electron chi connectivity index (χ4n) is 1.97. The summed E-state index contributed by atoms with van der Waals surface area (Å²) in [5.41, 5.74) is 0. The van der Waals surface area contributed by atoms with Crippen LogP contribution in [-0.4, -0.2) is 37.0 Å². The molecule has 0 N–H and O–H groups in total. The number of unbranched alkanes of at least 4 members (excludes halogenated alkanes) is 5. The molecule has 0 unspecified atom stereocenters. The molecule has 0 aromatic carbocycles. The van der Waals surface area contributed by atoms with Gasteiger partial charge >= 0.3 is 5.97 Å². The molecule has 1 rings (SSSR count). The van der Waals surface area contributed by atoms with E-state index in [2.05, 4.69) is 6.92 Å². The van der Waals surface area contributed by atoms with Gasteiger partial charge in [-0.05, 0) is 17.9 Å². The first kappa shape index (κ1) is 17.7. The summed E-state index contributed by atoms with van der Waals surface area (Å²) in [6.45, 7) is 2.65. The number of ether oxygens (including phenoxy) is 1. The second kappa shape index (κ2) is 10.4. The molecule has 0 bridgehead atoms. The van der Waals surface area contributed by atoms with E-state index in [1.165, 1.54) is 41.9 Å². The number of hydrogen-bond donors (Lipinski definition) is 0. The molecule has 1 amide bonds. The zero-order chi connectivity index (χ0) is 15.5. The summed E-state index contributed by atoms with van der Waals surface area (Å²) in [5, 5.41) is 1.85. The molecule has 0 fully saturated rings. The molecule has 0 saturated carbocycles. The van der Waals surface area contributed by atoms with Gasteiger partial charge in [0.15, 0.2) is 0 Å². The van der Waals surface area contributed by atoms with Crippen molar-refractivity contribution in [2.24, 2.45) is 0 Å². The van der Waals surface area contributed by atoms with Crippen LogP contribution in [0.4, 0.5) is 0 Å². The van der Waals surface area contributed by atoms with E-state index in [4.69, 9.17) is 4.74 Å². The average molecular weight is 311 g/mol. The van der Waals surface area contributed by atoms with Crippen molar-refractivity contribution < 1.29 is 14.3 Å². The lowest BCUT2D eigenvalue weighted by molar-refractivity contribution is -0.144. The minimum absolute atomic E-state index is 0.00652. The molecule has 0 aliphatic carbocycles. The molecule has 0 aliphatic rings. The number of amides is 1. The Morgan fingerprint density at radius 2 is 1.90 bits per heavy atom. The fraction of sp³-hybridized carbons (Fsp3) is 0.625. The highest BCUT2D eigenvalue weighted by Gasteiger charge is 2.16. The minimum Gasteiger partial charge on any atom is -0.464 e. The monoisotopic (exact) mass is 311 g/mol. The molecule has 5 heteroatoms. The molecule has 1 aromatic rings. The highest BCUT2D eigenvalue weighted by atomic mass is 32.1. The third kappa shape index (κ3) is 7.27. The molecule has 0 radical (unpaired) electrons. The molecule has 1 aromatic heterocycles. The molecule has 1 heterocycles. The van der Waals surface area contributed by atoms with Crippen LogP contribution in [0.3, 0.4) is 0 Å². The molecule has 0 spiro atoms. The number of esters is 1. The number of carbonyl (C=O) groups excluding carboxylic acids is 2. The zero-order valence-electron chi connectivity index (χ0n) is 13.0. The number of thiophene rings is 1. The van der Waals surface area contributed by atoms with Gasteiger partial charge < -0.3 is 9.64 Å². The summed E-state index contributed by atoms with van der Waals surface area (Å²) in [4.78, 5) is 25.6. The van der Waals surface area contributed by atoms with E-state index in [1.54, 1.807) is 13.1 Å². The minimum atomic E-state index is -0.337. The lowest BCUT2D eigenvalue weighted by Crippen LogP contribution is -2.32. The first-order chi connectivity index (χ1) is 10.1. The largest absolute Gasteiger partial charge is 0.464 e. The maximum atomic E-state index is 11.9. The van der Waals surface area contributed by atoms with Crippen molar-refractivity contribution in [3.63, 3.8) is 0 Å². The summed E-state index contributed by atoms with van der Waals surface area (Å²) >= 11 is 1.37. The van der Waals surface area contributed by atoms with E-state index >= 15 is 0 Å². The van der Waals surface area contributed by atoms with E-state index in [-0.39, 0.29) is 18.4 Å². The number of likely N-dealkylation sites (N-methyl/N-ethyl adjacent to an activating group) is 1. The van der Waals surface area contributed by atoms with Gasteiger partial charge in [0.05, 0.1) is 11.5 Å². The van der Waals surface area contributed by atoms with Gasteiger partial charge in [-0.15, -0.1) is 11.3 Å². The van der Waals surface area contributed by atoms with Crippen molar-refractivity contribution in [2.45, 2.75) is 45.4 Å².